The first kappa shape index (κ1) is 16.7. The van der Waals surface area contributed by atoms with Crippen molar-refractivity contribution in [2.24, 2.45) is 0 Å². The molecule has 2 aromatic rings. The first-order valence-corrected chi connectivity index (χ1v) is 8.79. The summed E-state index contributed by atoms with van der Waals surface area (Å²) in [5.41, 5.74) is 4.11. The summed E-state index contributed by atoms with van der Waals surface area (Å²) in [5.74, 6) is 0.0439. The third kappa shape index (κ3) is 2.85. The maximum atomic E-state index is 13.1. The summed E-state index contributed by atoms with van der Waals surface area (Å²) in [4.78, 5) is 15.1. The lowest BCUT2D eigenvalue weighted by molar-refractivity contribution is 0.0647. The van der Waals surface area contributed by atoms with Crippen LogP contribution in [0.1, 0.15) is 67.5 Å². The highest BCUT2D eigenvalue weighted by molar-refractivity contribution is 5.93. The zero-order valence-corrected chi connectivity index (χ0v) is 15.3. The Morgan fingerprint density at radius 3 is 2.62 bits per heavy atom. The standard InChI is InChI=1S/C20H27N3O/c1-6-18-16-10-8-7-9-15(16)11-12-22(18)19(24)17-13-14(2)23(21-17)20(3,4)5/h7-10,13,18H,6,11-12H2,1-5H3. The highest BCUT2D eigenvalue weighted by Crippen LogP contribution is 2.33. The van der Waals surface area contributed by atoms with Crippen LogP contribution in [-0.4, -0.2) is 27.1 Å². The maximum absolute atomic E-state index is 13.1. The van der Waals surface area contributed by atoms with Crippen LogP contribution < -0.4 is 0 Å². The Balaban J connectivity index is 1.93. The van der Waals surface area contributed by atoms with E-state index in [9.17, 15) is 4.79 Å². The predicted molar refractivity (Wildman–Crippen MR) is 96.2 cm³/mol. The Labute approximate surface area is 144 Å². The van der Waals surface area contributed by atoms with Crippen molar-refractivity contribution < 1.29 is 4.79 Å². The molecule has 0 fully saturated rings. The fraction of sp³-hybridized carbons (Fsp3) is 0.500. The first-order chi connectivity index (χ1) is 11.3. The number of benzene rings is 1. The van der Waals surface area contributed by atoms with Crippen LogP contribution in [0.2, 0.25) is 0 Å². The van der Waals surface area contributed by atoms with Gasteiger partial charge in [0.1, 0.15) is 0 Å². The topological polar surface area (TPSA) is 38.1 Å². The van der Waals surface area contributed by atoms with E-state index in [0.717, 1.165) is 25.1 Å². The van der Waals surface area contributed by atoms with Crippen LogP contribution in [0.5, 0.6) is 0 Å². The second-order valence-corrected chi connectivity index (χ2v) is 7.62. The van der Waals surface area contributed by atoms with Crippen LogP contribution in [0.3, 0.4) is 0 Å². The van der Waals surface area contributed by atoms with Gasteiger partial charge in [0.2, 0.25) is 0 Å². The molecule has 1 aliphatic rings. The van der Waals surface area contributed by atoms with Gasteiger partial charge in [-0.1, -0.05) is 31.2 Å². The molecule has 0 saturated carbocycles. The van der Waals surface area contributed by atoms with Gasteiger partial charge >= 0.3 is 0 Å². The van der Waals surface area contributed by atoms with Crippen LogP contribution in [0.15, 0.2) is 30.3 Å². The minimum Gasteiger partial charge on any atom is -0.330 e. The number of hydrogen-bond donors (Lipinski definition) is 0. The van der Waals surface area contributed by atoms with Gasteiger partial charge in [0.25, 0.3) is 5.91 Å². The molecular formula is C20H27N3O. The van der Waals surface area contributed by atoms with Gasteiger partial charge in [-0.2, -0.15) is 5.10 Å². The number of fused-ring (bicyclic) bond motifs is 1. The summed E-state index contributed by atoms with van der Waals surface area (Å²) in [6.45, 7) is 11.2. The van der Waals surface area contributed by atoms with Crippen molar-refractivity contribution in [2.75, 3.05) is 6.54 Å². The Bertz CT molecular complexity index is 754. The molecule has 0 N–H and O–H groups in total. The van der Waals surface area contributed by atoms with Gasteiger partial charge in [-0.15, -0.1) is 0 Å². The third-order valence-electron chi connectivity index (χ3n) is 4.80. The van der Waals surface area contributed by atoms with Crippen LogP contribution in [-0.2, 0) is 12.0 Å². The molecule has 1 amide bonds. The molecule has 3 rings (SSSR count). The Kier molecular flexibility index (Phi) is 4.24. The number of aryl methyl sites for hydroxylation is 1. The van der Waals surface area contributed by atoms with Gasteiger partial charge in [0.15, 0.2) is 5.69 Å². The van der Waals surface area contributed by atoms with Gasteiger partial charge < -0.3 is 4.90 Å². The average molecular weight is 325 g/mol. The van der Waals surface area contributed by atoms with Crippen molar-refractivity contribution in [2.45, 2.75) is 59.0 Å². The summed E-state index contributed by atoms with van der Waals surface area (Å²) in [6, 6.07) is 10.5. The molecule has 0 aliphatic carbocycles. The van der Waals surface area contributed by atoms with E-state index in [4.69, 9.17) is 0 Å². The second kappa shape index (κ2) is 6.08. The molecule has 0 saturated heterocycles. The number of hydrogen-bond acceptors (Lipinski definition) is 2. The lowest BCUT2D eigenvalue weighted by atomic mass is 9.91. The molecule has 2 heterocycles. The normalized spacial score (nSPS) is 17.7. The quantitative estimate of drug-likeness (QED) is 0.834. The van der Waals surface area contributed by atoms with E-state index in [-0.39, 0.29) is 17.5 Å². The molecule has 1 unspecified atom stereocenters. The van der Waals surface area contributed by atoms with Crippen LogP contribution in [0.25, 0.3) is 0 Å². The second-order valence-electron chi connectivity index (χ2n) is 7.62. The summed E-state index contributed by atoms with van der Waals surface area (Å²) in [7, 11) is 0. The van der Waals surface area contributed by atoms with Crippen LogP contribution in [0.4, 0.5) is 0 Å². The number of aromatic nitrogens is 2. The minimum atomic E-state index is -0.124. The molecule has 0 radical (unpaired) electrons. The molecule has 1 aliphatic heterocycles. The maximum Gasteiger partial charge on any atom is 0.274 e. The van der Waals surface area contributed by atoms with Crippen molar-refractivity contribution in [1.82, 2.24) is 14.7 Å². The van der Waals surface area contributed by atoms with E-state index in [1.54, 1.807) is 0 Å². The Hall–Kier alpha value is -2.10. The molecule has 1 aromatic carbocycles. The monoisotopic (exact) mass is 325 g/mol. The molecule has 1 aromatic heterocycles. The molecule has 0 bridgehead atoms. The Morgan fingerprint density at radius 1 is 1.29 bits per heavy atom. The average Bonchev–Trinajstić information content (AvgIpc) is 2.95. The van der Waals surface area contributed by atoms with Crippen LogP contribution in [0, 0.1) is 6.92 Å². The lowest BCUT2D eigenvalue weighted by Gasteiger charge is -2.36. The van der Waals surface area contributed by atoms with Gasteiger partial charge in [0, 0.05) is 12.2 Å². The molecule has 1 atom stereocenters. The van der Waals surface area contributed by atoms with Crippen LogP contribution >= 0.6 is 0 Å². The zero-order chi connectivity index (χ0) is 17.5. The highest BCUT2D eigenvalue weighted by atomic mass is 16.2. The SMILES string of the molecule is CCC1c2ccccc2CCN1C(=O)c1cc(C)n(C(C)(C)C)n1. The molecule has 0 spiro atoms. The van der Waals surface area contributed by atoms with Crippen molar-refractivity contribution in [3.05, 3.63) is 52.8 Å². The molecule has 128 valence electrons. The van der Waals surface area contributed by atoms with E-state index < -0.39 is 0 Å². The van der Waals surface area contributed by atoms with E-state index in [1.165, 1.54) is 11.1 Å². The summed E-state index contributed by atoms with van der Waals surface area (Å²) >= 11 is 0. The van der Waals surface area contributed by atoms with E-state index >= 15 is 0 Å². The Morgan fingerprint density at radius 2 is 2.00 bits per heavy atom. The third-order valence-corrected chi connectivity index (χ3v) is 4.80. The number of rotatable bonds is 2. The smallest absolute Gasteiger partial charge is 0.274 e. The molecule has 24 heavy (non-hydrogen) atoms. The van der Waals surface area contributed by atoms with Crippen molar-refractivity contribution in [3.8, 4) is 0 Å². The highest BCUT2D eigenvalue weighted by Gasteiger charge is 2.32. The van der Waals surface area contributed by atoms with Gasteiger partial charge in [-0.05, 0) is 57.7 Å². The summed E-state index contributed by atoms with van der Waals surface area (Å²) < 4.78 is 1.94. The number of carbonyl (C=O) groups is 1. The fourth-order valence-corrected chi connectivity index (χ4v) is 3.74. The van der Waals surface area contributed by atoms with Crippen molar-refractivity contribution in [3.63, 3.8) is 0 Å². The van der Waals surface area contributed by atoms with Gasteiger partial charge in [-0.25, -0.2) is 0 Å². The van der Waals surface area contributed by atoms with E-state index in [2.05, 4.69) is 57.1 Å². The summed E-state index contributed by atoms with van der Waals surface area (Å²) in [5, 5.41) is 4.61. The number of nitrogens with zero attached hydrogens (tertiary/aromatic N) is 3. The predicted octanol–water partition coefficient (Wildman–Crippen LogP) is 4.10. The number of amides is 1. The molecular weight excluding hydrogens is 298 g/mol. The van der Waals surface area contributed by atoms with Crippen molar-refractivity contribution >= 4 is 5.91 Å². The largest absolute Gasteiger partial charge is 0.330 e. The van der Waals surface area contributed by atoms with Gasteiger partial charge in [-0.3, -0.25) is 9.48 Å². The molecule has 4 nitrogen and oxygen atoms in total. The van der Waals surface area contributed by atoms with Crippen molar-refractivity contribution in [1.29, 1.82) is 0 Å². The zero-order valence-electron chi connectivity index (χ0n) is 15.3. The van der Waals surface area contributed by atoms with E-state index in [0.29, 0.717) is 5.69 Å². The van der Waals surface area contributed by atoms with Gasteiger partial charge in [0.05, 0.1) is 11.6 Å². The fourth-order valence-electron chi connectivity index (χ4n) is 3.74. The summed E-state index contributed by atoms with van der Waals surface area (Å²) in [6.07, 6.45) is 1.83. The minimum absolute atomic E-state index is 0.0439. The number of carbonyl (C=O) groups excluding carboxylic acids is 1. The lowest BCUT2D eigenvalue weighted by Crippen LogP contribution is -2.40. The molecule has 4 heteroatoms. The first-order valence-electron chi connectivity index (χ1n) is 8.79. The van der Waals surface area contributed by atoms with E-state index in [1.807, 2.05) is 22.6 Å².